The molecule has 24 heavy (non-hydrogen) atoms. The molecule has 0 bridgehead atoms. The average Bonchev–Trinajstić information content (AvgIpc) is 2.59. The van der Waals surface area contributed by atoms with E-state index in [1.807, 2.05) is 0 Å². The van der Waals surface area contributed by atoms with Crippen molar-refractivity contribution in [2.45, 2.75) is 13.0 Å². The van der Waals surface area contributed by atoms with Gasteiger partial charge in [-0.1, -0.05) is 12.1 Å². The number of nitrogens with zero attached hydrogens (tertiary/aromatic N) is 3. The first kappa shape index (κ1) is 17.5. The first-order chi connectivity index (χ1) is 11.3. The van der Waals surface area contributed by atoms with Crippen molar-refractivity contribution in [3.63, 3.8) is 0 Å². The Labute approximate surface area is 141 Å². The van der Waals surface area contributed by atoms with Gasteiger partial charge in [0.1, 0.15) is 6.04 Å². The second kappa shape index (κ2) is 7.12. The van der Waals surface area contributed by atoms with E-state index < -0.39 is 6.04 Å². The molecule has 0 aliphatic heterocycles. The van der Waals surface area contributed by atoms with Crippen LogP contribution in [0.4, 0.5) is 5.69 Å². The molecule has 1 aromatic carbocycles. The van der Waals surface area contributed by atoms with Gasteiger partial charge in [0.15, 0.2) is 0 Å². The van der Waals surface area contributed by atoms with Gasteiger partial charge in [-0.05, 0) is 31.2 Å². The molecule has 0 saturated carbocycles. The lowest BCUT2D eigenvalue weighted by Crippen LogP contribution is -2.45. The van der Waals surface area contributed by atoms with Crippen LogP contribution in [-0.2, 0) is 4.79 Å². The molecule has 2 N–H and O–H groups in total. The Kier molecular flexibility index (Phi) is 5.18. The van der Waals surface area contributed by atoms with Crippen molar-refractivity contribution in [3.8, 4) is 11.3 Å². The predicted molar refractivity (Wildman–Crippen MR) is 94.3 cm³/mol. The number of carbonyl (C=O) groups excluding carboxylic acids is 2. The Morgan fingerprint density at radius 3 is 2.25 bits per heavy atom. The SMILES string of the molecule is C[C@@H](C(=O)N(C)C)N(C)C(=O)c1ccc(-c2ncccc2N)cc1. The van der Waals surface area contributed by atoms with Crippen molar-refractivity contribution in [2.75, 3.05) is 26.9 Å². The van der Waals surface area contributed by atoms with Crippen molar-refractivity contribution in [3.05, 3.63) is 48.2 Å². The molecule has 1 atom stereocenters. The smallest absolute Gasteiger partial charge is 0.254 e. The number of carbonyl (C=O) groups is 2. The van der Waals surface area contributed by atoms with Gasteiger partial charge in [0.25, 0.3) is 5.91 Å². The van der Waals surface area contributed by atoms with E-state index in [0.717, 1.165) is 5.56 Å². The van der Waals surface area contributed by atoms with Crippen LogP contribution in [0, 0.1) is 0 Å². The minimum absolute atomic E-state index is 0.122. The number of nitrogens with two attached hydrogens (primary N) is 1. The molecule has 0 fully saturated rings. The molecule has 1 heterocycles. The number of benzene rings is 1. The maximum Gasteiger partial charge on any atom is 0.254 e. The van der Waals surface area contributed by atoms with Crippen LogP contribution in [0.1, 0.15) is 17.3 Å². The van der Waals surface area contributed by atoms with E-state index in [9.17, 15) is 9.59 Å². The Bertz CT molecular complexity index is 741. The molecular weight excluding hydrogens is 304 g/mol. The summed E-state index contributed by atoms with van der Waals surface area (Å²) in [6, 6.07) is 10.1. The summed E-state index contributed by atoms with van der Waals surface area (Å²) in [6.45, 7) is 1.71. The van der Waals surface area contributed by atoms with Crippen LogP contribution in [0.15, 0.2) is 42.6 Å². The van der Waals surface area contributed by atoms with Crippen LogP contribution in [0.3, 0.4) is 0 Å². The van der Waals surface area contributed by atoms with Crippen molar-refractivity contribution in [2.24, 2.45) is 0 Å². The van der Waals surface area contributed by atoms with Gasteiger partial charge in [-0.3, -0.25) is 14.6 Å². The Morgan fingerprint density at radius 1 is 1.08 bits per heavy atom. The summed E-state index contributed by atoms with van der Waals surface area (Å²) in [4.78, 5) is 31.7. The number of likely N-dealkylation sites (N-methyl/N-ethyl adjacent to an activating group) is 2. The van der Waals surface area contributed by atoms with Gasteiger partial charge < -0.3 is 15.5 Å². The van der Waals surface area contributed by atoms with Crippen molar-refractivity contribution >= 4 is 17.5 Å². The van der Waals surface area contributed by atoms with Crippen LogP contribution in [0.5, 0.6) is 0 Å². The summed E-state index contributed by atoms with van der Waals surface area (Å²) in [5.41, 5.74) is 8.53. The van der Waals surface area contributed by atoms with E-state index in [-0.39, 0.29) is 11.8 Å². The lowest BCUT2D eigenvalue weighted by atomic mass is 10.1. The van der Waals surface area contributed by atoms with Gasteiger partial charge in [-0.25, -0.2) is 0 Å². The van der Waals surface area contributed by atoms with Crippen LogP contribution in [-0.4, -0.2) is 53.8 Å². The molecule has 2 rings (SSSR count). The molecule has 6 nitrogen and oxygen atoms in total. The fourth-order valence-electron chi connectivity index (χ4n) is 2.35. The number of hydrogen-bond donors (Lipinski definition) is 1. The minimum Gasteiger partial charge on any atom is -0.397 e. The first-order valence-electron chi connectivity index (χ1n) is 7.62. The molecule has 2 amide bonds. The Morgan fingerprint density at radius 2 is 1.71 bits per heavy atom. The maximum atomic E-state index is 12.5. The number of nitrogen functional groups attached to an aromatic ring is 1. The third kappa shape index (κ3) is 3.53. The van der Waals surface area contributed by atoms with Gasteiger partial charge in [-0.15, -0.1) is 0 Å². The van der Waals surface area contributed by atoms with Crippen molar-refractivity contribution in [1.82, 2.24) is 14.8 Å². The number of pyridine rings is 1. The second-order valence-electron chi connectivity index (χ2n) is 5.84. The van der Waals surface area contributed by atoms with Gasteiger partial charge in [0.05, 0.1) is 11.4 Å². The van der Waals surface area contributed by atoms with Crippen LogP contribution >= 0.6 is 0 Å². The van der Waals surface area contributed by atoms with Gasteiger partial charge in [0, 0.05) is 38.5 Å². The standard InChI is InChI=1S/C18H22N4O2/c1-12(17(23)21(2)3)22(4)18(24)14-9-7-13(8-10-14)16-15(19)6-5-11-20-16/h5-12H,19H2,1-4H3/t12-/m0/s1. The third-order valence-corrected chi connectivity index (χ3v) is 3.94. The zero-order chi connectivity index (χ0) is 17.9. The highest BCUT2D eigenvalue weighted by Crippen LogP contribution is 2.23. The summed E-state index contributed by atoms with van der Waals surface area (Å²) in [6.07, 6.45) is 1.67. The third-order valence-electron chi connectivity index (χ3n) is 3.94. The highest BCUT2D eigenvalue weighted by molar-refractivity contribution is 5.97. The fraction of sp³-hybridized carbons (Fsp3) is 0.278. The highest BCUT2D eigenvalue weighted by atomic mass is 16.2. The molecule has 0 saturated heterocycles. The minimum atomic E-state index is -0.529. The van der Waals surface area contributed by atoms with Crippen LogP contribution < -0.4 is 5.73 Å². The largest absolute Gasteiger partial charge is 0.397 e. The predicted octanol–water partition coefficient (Wildman–Crippen LogP) is 1.88. The number of aromatic nitrogens is 1. The molecule has 0 aliphatic carbocycles. The molecule has 0 aliphatic rings. The Hall–Kier alpha value is -2.89. The van der Waals surface area contributed by atoms with Crippen LogP contribution in [0.2, 0.25) is 0 Å². The monoisotopic (exact) mass is 326 g/mol. The summed E-state index contributed by atoms with van der Waals surface area (Å²) in [7, 11) is 4.96. The first-order valence-corrected chi connectivity index (χ1v) is 7.62. The maximum absolute atomic E-state index is 12.5. The zero-order valence-electron chi connectivity index (χ0n) is 14.4. The lowest BCUT2D eigenvalue weighted by molar-refractivity contribution is -0.132. The second-order valence-corrected chi connectivity index (χ2v) is 5.84. The van der Waals surface area contributed by atoms with Gasteiger partial charge >= 0.3 is 0 Å². The molecule has 1 aromatic heterocycles. The molecule has 2 aromatic rings. The van der Waals surface area contributed by atoms with Crippen LogP contribution in [0.25, 0.3) is 11.3 Å². The fourth-order valence-corrected chi connectivity index (χ4v) is 2.35. The quantitative estimate of drug-likeness (QED) is 0.930. The van der Waals surface area contributed by atoms with E-state index in [2.05, 4.69) is 4.98 Å². The number of rotatable bonds is 4. The average molecular weight is 326 g/mol. The Balaban J connectivity index is 2.20. The van der Waals surface area contributed by atoms with E-state index >= 15 is 0 Å². The van der Waals surface area contributed by atoms with E-state index in [0.29, 0.717) is 16.9 Å². The zero-order valence-corrected chi connectivity index (χ0v) is 14.4. The lowest BCUT2D eigenvalue weighted by Gasteiger charge is -2.26. The highest BCUT2D eigenvalue weighted by Gasteiger charge is 2.24. The molecule has 0 radical (unpaired) electrons. The topological polar surface area (TPSA) is 79.5 Å². The molecular formula is C18H22N4O2. The summed E-state index contributed by atoms with van der Waals surface area (Å²) in [5, 5.41) is 0. The molecule has 0 spiro atoms. The van der Waals surface area contributed by atoms with E-state index in [1.165, 1.54) is 9.80 Å². The molecule has 126 valence electrons. The van der Waals surface area contributed by atoms with E-state index in [4.69, 9.17) is 5.73 Å². The molecule has 6 heteroatoms. The summed E-state index contributed by atoms with van der Waals surface area (Å²) >= 11 is 0. The number of amides is 2. The summed E-state index contributed by atoms with van der Waals surface area (Å²) in [5.74, 6) is -0.332. The van der Waals surface area contributed by atoms with Gasteiger partial charge in [-0.2, -0.15) is 0 Å². The van der Waals surface area contributed by atoms with E-state index in [1.54, 1.807) is 70.7 Å². The van der Waals surface area contributed by atoms with Crippen molar-refractivity contribution < 1.29 is 9.59 Å². The van der Waals surface area contributed by atoms with Gasteiger partial charge in [0.2, 0.25) is 5.91 Å². The number of anilines is 1. The normalized spacial score (nSPS) is 11.7. The number of hydrogen-bond acceptors (Lipinski definition) is 4. The summed E-state index contributed by atoms with van der Waals surface area (Å²) < 4.78 is 0. The molecule has 0 unspecified atom stereocenters. The van der Waals surface area contributed by atoms with Crippen molar-refractivity contribution in [1.29, 1.82) is 0 Å².